The van der Waals surface area contributed by atoms with E-state index in [2.05, 4.69) is 10.1 Å². The topological polar surface area (TPSA) is 91.2 Å². The number of carboxylic acid groups (broad SMARTS) is 1. The third-order valence-corrected chi connectivity index (χ3v) is 5.42. The van der Waals surface area contributed by atoms with Crippen molar-refractivity contribution in [3.05, 3.63) is 52.4 Å². The van der Waals surface area contributed by atoms with Gasteiger partial charge in [0, 0.05) is 29.0 Å². The molecule has 0 saturated carbocycles. The van der Waals surface area contributed by atoms with Gasteiger partial charge in [-0.1, -0.05) is 17.7 Å². The van der Waals surface area contributed by atoms with E-state index in [9.17, 15) is 14.7 Å². The number of aromatic carboxylic acids is 1. The first-order chi connectivity index (χ1) is 12.9. The number of hydrogen-bond acceptors (Lipinski definition) is 3. The number of carboxylic acids is 1. The Morgan fingerprint density at radius 1 is 1.26 bits per heavy atom. The molecule has 3 heterocycles. The number of rotatable bonds is 3. The Bertz CT molecular complexity index is 1030. The van der Waals surface area contributed by atoms with Gasteiger partial charge in [0.1, 0.15) is 11.3 Å². The summed E-state index contributed by atoms with van der Waals surface area (Å²) >= 11 is 6.00. The second-order valence-corrected chi connectivity index (χ2v) is 7.27. The van der Waals surface area contributed by atoms with Crippen molar-refractivity contribution in [2.24, 2.45) is 0 Å². The lowest BCUT2D eigenvalue weighted by atomic mass is 10.0. The molecular weight excluding hydrogens is 368 g/mol. The van der Waals surface area contributed by atoms with Crippen molar-refractivity contribution in [2.75, 3.05) is 13.1 Å². The highest BCUT2D eigenvalue weighted by Gasteiger charge is 2.27. The predicted molar refractivity (Wildman–Crippen MR) is 101 cm³/mol. The van der Waals surface area contributed by atoms with Gasteiger partial charge in [-0.05, 0) is 38.0 Å². The zero-order valence-electron chi connectivity index (χ0n) is 14.8. The summed E-state index contributed by atoms with van der Waals surface area (Å²) in [5.41, 5.74) is 2.27. The van der Waals surface area contributed by atoms with Gasteiger partial charge < -0.3 is 15.0 Å². The monoisotopic (exact) mass is 386 g/mol. The van der Waals surface area contributed by atoms with Crippen molar-refractivity contribution < 1.29 is 14.7 Å². The molecule has 1 aromatic carbocycles. The van der Waals surface area contributed by atoms with E-state index in [1.54, 1.807) is 23.7 Å². The predicted octanol–water partition coefficient (Wildman–Crippen LogP) is 3.50. The third-order valence-electron chi connectivity index (χ3n) is 5.19. The van der Waals surface area contributed by atoms with Crippen molar-refractivity contribution in [3.63, 3.8) is 0 Å². The molecule has 27 heavy (non-hydrogen) atoms. The van der Waals surface area contributed by atoms with Crippen LogP contribution in [0.3, 0.4) is 0 Å². The Morgan fingerprint density at radius 2 is 2.00 bits per heavy atom. The first-order valence-electron chi connectivity index (χ1n) is 8.79. The van der Waals surface area contributed by atoms with Gasteiger partial charge in [-0.3, -0.25) is 9.48 Å². The summed E-state index contributed by atoms with van der Waals surface area (Å²) in [6.07, 6.45) is 2.86. The molecule has 2 aromatic heterocycles. The highest BCUT2D eigenvalue weighted by Crippen LogP contribution is 2.26. The summed E-state index contributed by atoms with van der Waals surface area (Å²) < 4.78 is 1.77. The number of carbonyl (C=O) groups is 2. The molecule has 1 saturated heterocycles. The van der Waals surface area contributed by atoms with Crippen molar-refractivity contribution >= 4 is 34.4 Å². The fourth-order valence-electron chi connectivity index (χ4n) is 3.70. The van der Waals surface area contributed by atoms with E-state index < -0.39 is 5.97 Å². The number of hydrogen-bond donors (Lipinski definition) is 2. The molecule has 1 aliphatic rings. The Labute approximate surface area is 160 Å². The number of aromatic nitrogens is 3. The first-order valence-corrected chi connectivity index (χ1v) is 9.17. The largest absolute Gasteiger partial charge is 0.478 e. The Morgan fingerprint density at radius 3 is 2.67 bits per heavy atom. The summed E-state index contributed by atoms with van der Waals surface area (Å²) in [6.45, 7) is 2.96. The molecule has 3 aromatic rings. The SMILES string of the molecule is Cc1c(C(=O)O)cnn1C1CCN(C(=O)c2cc3ccc(Cl)cc3[nH]2)CC1. The molecule has 4 rings (SSSR count). The van der Waals surface area contributed by atoms with Crippen LogP contribution in [-0.2, 0) is 0 Å². The average molecular weight is 387 g/mol. The number of halogens is 1. The molecule has 0 aliphatic carbocycles. The van der Waals surface area contributed by atoms with Crippen LogP contribution in [0.4, 0.5) is 0 Å². The number of aromatic amines is 1. The average Bonchev–Trinajstić information content (AvgIpc) is 3.24. The van der Waals surface area contributed by atoms with Crippen LogP contribution in [0, 0.1) is 6.92 Å². The molecule has 2 N–H and O–H groups in total. The van der Waals surface area contributed by atoms with E-state index in [0.29, 0.717) is 29.5 Å². The van der Waals surface area contributed by atoms with Crippen LogP contribution < -0.4 is 0 Å². The van der Waals surface area contributed by atoms with Gasteiger partial charge >= 0.3 is 5.97 Å². The van der Waals surface area contributed by atoms with E-state index in [1.807, 2.05) is 17.0 Å². The lowest BCUT2D eigenvalue weighted by molar-refractivity contribution is 0.0683. The van der Waals surface area contributed by atoms with Gasteiger partial charge in [-0.2, -0.15) is 5.10 Å². The number of fused-ring (bicyclic) bond motifs is 1. The second-order valence-electron chi connectivity index (χ2n) is 6.83. The van der Waals surface area contributed by atoms with Crippen molar-refractivity contribution in [1.29, 1.82) is 0 Å². The Kier molecular flexibility index (Phi) is 4.39. The van der Waals surface area contributed by atoms with E-state index in [1.165, 1.54) is 6.20 Å². The minimum absolute atomic E-state index is 0.0378. The minimum atomic E-state index is -0.967. The molecule has 0 unspecified atom stereocenters. The van der Waals surface area contributed by atoms with Gasteiger partial charge in [0.25, 0.3) is 5.91 Å². The van der Waals surface area contributed by atoms with Crippen LogP contribution in [0.1, 0.15) is 45.4 Å². The molecule has 0 radical (unpaired) electrons. The standard InChI is InChI=1S/C19H19ClN4O3/c1-11-15(19(26)27)10-21-24(11)14-4-6-23(7-5-14)18(25)17-8-12-2-3-13(20)9-16(12)22-17/h2-3,8-10,14,22H,4-7H2,1H3,(H,26,27). The lowest BCUT2D eigenvalue weighted by Gasteiger charge is -2.32. The summed E-state index contributed by atoms with van der Waals surface area (Å²) in [5, 5.41) is 15.0. The van der Waals surface area contributed by atoms with Crippen LogP contribution in [0.5, 0.6) is 0 Å². The number of benzene rings is 1. The fourth-order valence-corrected chi connectivity index (χ4v) is 3.87. The Balaban J connectivity index is 1.46. The molecule has 0 atom stereocenters. The quantitative estimate of drug-likeness (QED) is 0.720. The maximum absolute atomic E-state index is 12.8. The van der Waals surface area contributed by atoms with E-state index >= 15 is 0 Å². The number of carbonyl (C=O) groups excluding carboxylic acids is 1. The number of likely N-dealkylation sites (tertiary alicyclic amines) is 1. The van der Waals surface area contributed by atoms with Crippen LogP contribution in [0.2, 0.25) is 5.02 Å². The minimum Gasteiger partial charge on any atom is -0.478 e. The summed E-state index contributed by atoms with van der Waals surface area (Å²) in [4.78, 5) is 29.0. The zero-order valence-corrected chi connectivity index (χ0v) is 15.5. The number of nitrogens with zero attached hydrogens (tertiary/aromatic N) is 3. The smallest absolute Gasteiger partial charge is 0.339 e. The summed E-state index contributed by atoms with van der Waals surface area (Å²) in [6, 6.07) is 7.44. The highest BCUT2D eigenvalue weighted by atomic mass is 35.5. The molecule has 0 bridgehead atoms. The Hall–Kier alpha value is -2.80. The van der Waals surface area contributed by atoms with Crippen molar-refractivity contribution in [1.82, 2.24) is 19.7 Å². The van der Waals surface area contributed by atoms with Gasteiger partial charge in [0.15, 0.2) is 0 Å². The fraction of sp³-hybridized carbons (Fsp3) is 0.316. The van der Waals surface area contributed by atoms with Crippen LogP contribution >= 0.6 is 11.6 Å². The number of piperidine rings is 1. The van der Waals surface area contributed by atoms with Gasteiger partial charge in [0.05, 0.1) is 17.9 Å². The molecule has 0 spiro atoms. The number of amides is 1. The maximum atomic E-state index is 12.8. The van der Waals surface area contributed by atoms with Gasteiger partial charge in [-0.25, -0.2) is 4.79 Å². The van der Waals surface area contributed by atoms with Crippen LogP contribution in [-0.4, -0.2) is 49.7 Å². The van der Waals surface area contributed by atoms with E-state index in [4.69, 9.17) is 11.6 Å². The third kappa shape index (κ3) is 3.19. The molecule has 7 nitrogen and oxygen atoms in total. The zero-order chi connectivity index (χ0) is 19.1. The molecular formula is C19H19ClN4O3. The van der Waals surface area contributed by atoms with Gasteiger partial charge in [0.2, 0.25) is 0 Å². The maximum Gasteiger partial charge on any atom is 0.339 e. The molecule has 1 amide bonds. The molecule has 1 fully saturated rings. The van der Waals surface area contributed by atoms with Crippen molar-refractivity contribution in [2.45, 2.75) is 25.8 Å². The van der Waals surface area contributed by atoms with Crippen molar-refractivity contribution in [3.8, 4) is 0 Å². The number of H-pyrrole nitrogens is 1. The summed E-state index contributed by atoms with van der Waals surface area (Å²) in [7, 11) is 0. The molecule has 8 heteroatoms. The van der Waals surface area contributed by atoms with Crippen LogP contribution in [0.25, 0.3) is 10.9 Å². The first kappa shape index (κ1) is 17.6. The normalized spacial score (nSPS) is 15.4. The molecule has 140 valence electrons. The lowest BCUT2D eigenvalue weighted by Crippen LogP contribution is -2.39. The highest BCUT2D eigenvalue weighted by molar-refractivity contribution is 6.31. The van der Waals surface area contributed by atoms with E-state index in [-0.39, 0.29) is 17.5 Å². The number of nitrogens with one attached hydrogen (secondary N) is 1. The second kappa shape index (κ2) is 6.74. The summed E-state index contributed by atoms with van der Waals surface area (Å²) in [5.74, 6) is -1.01. The molecule has 1 aliphatic heterocycles. The van der Waals surface area contributed by atoms with Crippen LogP contribution in [0.15, 0.2) is 30.5 Å². The van der Waals surface area contributed by atoms with Gasteiger partial charge in [-0.15, -0.1) is 0 Å². The van der Waals surface area contributed by atoms with E-state index in [0.717, 1.165) is 23.7 Å².